The van der Waals surface area contributed by atoms with Gasteiger partial charge in [0.05, 0.1) is 6.54 Å². The molecule has 1 aromatic rings. The lowest BCUT2D eigenvalue weighted by Crippen LogP contribution is -2.39. The predicted octanol–water partition coefficient (Wildman–Crippen LogP) is 2.48. The van der Waals surface area contributed by atoms with Crippen molar-refractivity contribution >= 4 is 17.6 Å². The Morgan fingerprint density at radius 2 is 2.14 bits per heavy atom. The number of benzene rings is 1. The fourth-order valence-electron chi connectivity index (χ4n) is 2.64. The van der Waals surface area contributed by atoms with Crippen LogP contribution in [0.2, 0.25) is 5.02 Å². The highest BCUT2D eigenvalue weighted by molar-refractivity contribution is 6.31. The van der Waals surface area contributed by atoms with E-state index >= 15 is 0 Å². The number of nitrogens with two attached hydrogens (primary N) is 1. The molecule has 2 rings (SSSR count). The van der Waals surface area contributed by atoms with Gasteiger partial charge in [0.15, 0.2) is 5.96 Å². The van der Waals surface area contributed by atoms with Gasteiger partial charge in [-0.1, -0.05) is 35.9 Å². The number of hydrogen-bond donors (Lipinski definition) is 2. The average molecular weight is 308 g/mol. The summed E-state index contributed by atoms with van der Waals surface area (Å²) in [5.41, 5.74) is 6.91. The number of nitrogens with one attached hydrogen (secondary N) is 1. The highest BCUT2D eigenvalue weighted by atomic mass is 35.5. The molecule has 0 radical (unpaired) electrons. The first-order valence-electron chi connectivity index (χ1n) is 7.15. The van der Waals surface area contributed by atoms with Crippen molar-refractivity contribution in [3.05, 3.63) is 47.5 Å². The number of halogens is 1. The summed E-state index contributed by atoms with van der Waals surface area (Å²) < 4.78 is 5.51. The van der Waals surface area contributed by atoms with Crippen LogP contribution in [0.25, 0.3) is 0 Å². The Balaban J connectivity index is 2.22. The van der Waals surface area contributed by atoms with E-state index in [1.807, 2.05) is 18.2 Å². The molecule has 5 heteroatoms. The van der Waals surface area contributed by atoms with Gasteiger partial charge in [0.25, 0.3) is 0 Å². The fourth-order valence-corrected chi connectivity index (χ4v) is 2.97. The van der Waals surface area contributed by atoms with Crippen molar-refractivity contribution in [3.63, 3.8) is 0 Å². The highest BCUT2D eigenvalue weighted by Gasteiger charge is 2.35. The summed E-state index contributed by atoms with van der Waals surface area (Å²) in [7, 11) is 0. The Bertz CT molecular complexity index is 510. The second-order valence-electron chi connectivity index (χ2n) is 5.24. The van der Waals surface area contributed by atoms with E-state index in [4.69, 9.17) is 22.1 Å². The smallest absolute Gasteiger partial charge is 0.188 e. The second kappa shape index (κ2) is 7.48. The van der Waals surface area contributed by atoms with Gasteiger partial charge in [0.1, 0.15) is 0 Å². The van der Waals surface area contributed by atoms with Crippen molar-refractivity contribution < 1.29 is 4.74 Å². The molecule has 1 aliphatic rings. The zero-order valence-electron chi connectivity index (χ0n) is 12.1. The maximum atomic E-state index is 6.40. The summed E-state index contributed by atoms with van der Waals surface area (Å²) in [6, 6.07) is 7.97. The number of hydrogen-bond acceptors (Lipinski definition) is 2. The molecular weight excluding hydrogens is 286 g/mol. The molecule has 4 nitrogen and oxygen atoms in total. The van der Waals surface area contributed by atoms with Crippen molar-refractivity contribution in [3.8, 4) is 0 Å². The molecular formula is C16H22ClN3O. The minimum atomic E-state index is -0.100. The van der Waals surface area contributed by atoms with Crippen LogP contribution in [0.1, 0.15) is 18.4 Å². The maximum Gasteiger partial charge on any atom is 0.188 e. The average Bonchev–Trinajstić information content (AvgIpc) is 2.52. The quantitative estimate of drug-likeness (QED) is 0.499. The van der Waals surface area contributed by atoms with Gasteiger partial charge in [-0.3, -0.25) is 4.99 Å². The molecule has 0 saturated carbocycles. The number of nitrogens with zero attached hydrogens (tertiary/aromatic N) is 1. The molecule has 3 N–H and O–H groups in total. The van der Waals surface area contributed by atoms with E-state index in [2.05, 4.69) is 23.0 Å². The standard InChI is InChI=1S/C16H22ClN3O/c1-2-9-19-15(18)20-12-16(7-10-21-11-8-16)13-5-3-4-6-14(13)17/h2-6H,1,7-12H2,(H3,18,19,20). The SMILES string of the molecule is C=CCNC(N)=NCC1(c2ccccc2Cl)CCOCC1. The summed E-state index contributed by atoms with van der Waals surface area (Å²) in [5.74, 6) is 0.438. The summed E-state index contributed by atoms with van der Waals surface area (Å²) in [4.78, 5) is 4.50. The Kier molecular flexibility index (Phi) is 5.65. The monoisotopic (exact) mass is 307 g/mol. The predicted molar refractivity (Wildman–Crippen MR) is 87.9 cm³/mol. The first-order valence-corrected chi connectivity index (χ1v) is 7.53. The third-order valence-corrected chi connectivity index (χ3v) is 4.20. The lowest BCUT2D eigenvalue weighted by atomic mass is 9.74. The Morgan fingerprint density at radius 1 is 1.43 bits per heavy atom. The van der Waals surface area contributed by atoms with Crippen LogP contribution in [0.5, 0.6) is 0 Å². The third-order valence-electron chi connectivity index (χ3n) is 3.87. The van der Waals surface area contributed by atoms with E-state index in [9.17, 15) is 0 Å². The zero-order chi connectivity index (χ0) is 15.1. The van der Waals surface area contributed by atoms with Crippen molar-refractivity contribution in [2.24, 2.45) is 10.7 Å². The Morgan fingerprint density at radius 3 is 2.81 bits per heavy atom. The summed E-state index contributed by atoms with van der Waals surface area (Å²) in [6.07, 6.45) is 3.55. The largest absolute Gasteiger partial charge is 0.381 e. The minimum absolute atomic E-state index is 0.100. The molecule has 1 aliphatic heterocycles. The molecule has 0 amide bonds. The summed E-state index contributed by atoms with van der Waals surface area (Å²) in [5, 5.41) is 3.79. The normalized spacial score (nSPS) is 18.2. The van der Waals surface area contributed by atoms with Crippen LogP contribution in [0.4, 0.5) is 0 Å². The van der Waals surface area contributed by atoms with Gasteiger partial charge in [0.2, 0.25) is 0 Å². The zero-order valence-corrected chi connectivity index (χ0v) is 12.9. The van der Waals surface area contributed by atoms with Crippen LogP contribution >= 0.6 is 11.6 Å². The Hall–Kier alpha value is -1.52. The van der Waals surface area contributed by atoms with Crippen LogP contribution in [0.15, 0.2) is 41.9 Å². The number of aliphatic imine (C=N–C) groups is 1. The van der Waals surface area contributed by atoms with E-state index < -0.39 is 0 Å². The van der Waals surface area contributed by atoms with Crippen LogP contribution < -0.4 is 11.1 Å². The molecule has 0 aromatic heterocycles. The molecule has 1 heterocycles. The Labute approximate surface area is 131 Å². The van der Waals surface area contributed by atoms with Gasteiger partial charge >= 0.3 is 0 Å². The van der Waals surface area contributed by atoms with Crippen LogP contribution in [0.3, 0.4) is 0 Å². The molecule has 0 atom stereocenters. The van der Waals surface area contributed by atoms with Crippen LogP contribution in [0, 0.1) is 0 Å². The fraction of sp³-hybridized carbons (Fsp3) is 0.438. The van der Waals surface area contributed by atoms with E-state index in [1.165, 1.54) is 0 Å². The molecule has 1 aromatic carbocycles. The van der Waals surface area contributed by atoms with Crippen LogP contribution in [-0.4, -0.2) is 32.3 Å². The van der Waals surface area contributed by atoms with Gasteiger partial charge < -0.3 is 15.8 Å². The first-order chi connectivity index (χ1) is 10.2. The van der Waals surface area contributed by atoms with Crippen molar-refractivity contribution in [1.29, 1.82) is 0 Å². The van der Waals surface area contributed by atoms with Crippen molar-refractivity contribution in [1.82, 2.24) is 5.32 Å². The number of rotatable bonds is 5. The van der Waals surface area contributed by atoms with Gasteiger partial charge in [-0.05, 0) is 24.5 Å². The molecule has 0 spiro atoms. The second-order valence-corrected chi connectivity index (χ2v) is 5.65. The maximum absolute atomic E-state index is 6.40. The third kappa shape index (κ3) is 3.99. The number of guanidine groups is 1. The van der Waals surface area contributed by atoms with E-state index in [1.54, 1.807) is 6.08 Å². The van der Waals surface area contributed by atoms with Gasteiger partial charge in [-0.2, -0.15) is 0 Å². The molecule has 1 fully saturated rings. The molecule has 114 valence electrons. The molecule has 0 bridgehead atoms. The van der Waals surface area contributed by atoms with Crippen molar-refractivity contribution in [2.75, 3.05) is 26.3 Å². The van der Waals surface area contributed by atoms with Gasteiger partial charge in [-0.15, -0.1) is 6.58 Å². The molecule has 1 saturated heterocycles. The van der Waals surface area contributed by atoms with Gasteiger partial charge in [0, 0.05) is 30.2 Å². The number of ether oxygens (including phenoxy) is 1. The highest BCUT2D eigenvalue weighted by Crippen LogP contribution is 2.38. The molecule has 0 unspecified atom stereocenters. The lowest BCUT2D eigenvalue weighted by Gasteiger charge is -2.37. The summed E-state index contributed by atoms with van der Waals surface area (Å²) in [6.45, 7) is 6.31. The topological polar surface area (TPSA) is 59.6 Å². The van der Waals surface area contributed by atoms with E-state index in [-0.39, 0.29) is 5.41 Å². The van der Waals surface area contributed by atoms with E-state index in [0.29, 0.717) is 19.0 Å². The lowest BCUT2D eigenvalue weighted by molar-refractivity contribution is 0.0531. The van der Waals surface area contributed by atoms with Crippen molar-refractivity contribution in [2.45, 2.75) is 18.3 Å². The molecule has 21 heavy (non-hydrogen) atoms. The van der Waals surface area contributed by atoms with E-state index in [0.717, 1.165) is 36.6 Å². The first kappa shape index (κ1) is 15.9. The van der Waals surface area contributed by atoms with Crippen LogP contribution in [-0.2, 0) is 10.2 Å². The van der Waals surface area contributed by atoms with Gasteiger partial charge in [-0.25, -0.2) is 0 Å². The minimum Gasteiger partial charge on any atom is -0.381 e. The summed E-state index contributed by atoms with van der Waals surface area (Å²) >= 11 is 6.40. The molecule has 0 aliphatic carbocycles.